The van der Waals surface area contributed by atoms with Gasteiger partial charge in [0.25, 0.3) is 0 Å². The fraction of sp³-hybridized carbons (Fsp3) is 0.667. The van der Waals surface area contributed by atoms with Crippen molar-refractivity contribution in [3.63, 3.8) is 0 Å². The highest BCUT2D eigenvalue weighted by Gasteiger charge is 2.37. The number of hydrogen-bond donors (Lipinski definition) is 1. The standard InChI is InChI=1S/C18H30FNOSi/c1-18(2,3)22(4,5)21-13-15-7-6-8-16(17(15)19)14-9-11-20-12-10-14/h6-8,14,20H,9-13H2,1-5H3. The van der Waals surface area contributed by atoms with Crippen molar-refractivity contribution in [1.29, 1.82) is 0 Å². The summed E-state index contributed by atoms with van der Waals surface area (Å²) in [5.41, 5.74) is 1.58. The van der Waals surface area contributed by atoms with Gasteiger partial charge in [0.15, 0.2) is 8.32 Å². The molecule has 1 N–H and O–H groups in total. The summed E-state index contributed by atoms with van der Waals surface area (Å²) in [7, 11) is -1.84. The Morgan fingerprint density at radius 3 is 2.45 bits per heavy atom. The minimum atomic E-state index is -1.84. The predicted molar refractivity (Wildman–Crippen MR) is 93.2 cm³/mol. The van der Waals surface area contributed by atoms with Gasteiger partial charge in [-0.25, -0.2) is 4.39 Å². The minimum Gasteiger partial charge on any atom is -0.412 e. The maximum atomic E-state index is 14.8. The normalized spacial score (nSPS) is 17.7. The van der Waals surface area contributed by atoms with Gasteiger partial charge in [-0.1, -0.05) is 39.0 Å². The molecule has 0 saturated carbocycles. The van der Waals surface area contributed by atoms with Crippen LogP contribution in [0.3, 0.4) is 0 Å². The molecule has 2 nitrogen and oxygen atoms in total. The van der Waals surface area contributed by atoms with E-state index in [2.05, 4.69) is 39.2 Å². The molecule has 0 unspecified atom stereocenters. The molecular weight excluding hydrogens is 293 g/mol. The first kappa shape index (κ1) is 17.6. The highest BCUT2D eigenvalue weighted by molar-refractivity contribution is 6.74. The Morgan fingerprint density at radius 1 is 1.23 bits per heavy atom. The zero-order valence-corrected chi connectivity index (χ0v) is 15.6. The van der Waals surface area contributed by atoms with E-state index in [4.69, 9.17) is 4.43 Å². The van der Waals surface area contributed by atoms with Crippen LogP contribution in [0.5, 0.6) is 0 Å². The predicted octanol–water partition coefficient (Wildman–Crippen LogP) is 4.81. The molecule has 4 heteroatoms. The molecule has 1 aliphatic rings. The maximum Gasteiger partial charge on any atom is 0.192 e. The SMILES string of the molecule is CC(C)(C)[Si](C)(C)OCc1cccc(C2CCNCC2)c1F. The van der Waals surface area contributed by atoms with Gasteiger partial charge in [-0.05, 0) is 55.5 Å². The molecule has 0 aromatic heterocycles. The van der Waals surface area contributed by atoms with Gasteiger partial charge in [-0.3, -0.25) is 0 Å². The number of hydrogen-bond acceptors (Lipinski definition) is 2. The molecule has 22 heavy (non-hydrogen) atoms. The highest BCUT2D eigenvalue weighted by atomic mass is 28.4. The van der Waals surface area contributed by atoms with Crippen LogP contribution in [0.2, 0.25) is 18.1 Å². The van der Waals surface area contributed by atoms with Gasteiger partial charge in [0, 0.05) is 5.56 Å². The van der Waals surface area contributed by atoms with Crippen molar-refractivity contribution in [2.75, 3.05) is 13.1 Å². The van der Waals surface area contributed by atoms with Crippen LogP contribution in [-0.4, -0.2) is 21.4 Å². The van der Waals surface area contributed by atoms with Crippen LogP contribution in [0, 0.1) is 5.82 Å². The first-order chi connectivity index (χ1) is 10.2. The number of nitrogens with one attached hydrogen (secondary N) is 1. The Balaban J connectivity index is 2.12. The summed E-state index contributed by atoms with van der Waals surface area (Å²) < 4.78 is 21.0. The number of halogens is 1. The lowest BCUT2D eigenvalue weighted by molar-refractivity contribution is 0.270. The summed E-state index contributed by atoms with van der Waals surface area (Å²) in [6.45, 7) is 13.4. The van der Waals surface area contributed by atoms with E-state index >= 15 is 0 Å². The summed E-state index contributed by atoms with van der Waals surface area (Å²) in [5.74, 6) is 0.294. The van der Waals surface area contributed by atoms with E-state index in [0.29, 0.717) is 18.1 Å². The van der Waals surface area contributed by atoms with Crippen molar-refractivity contribution < 1.29 is 8.82 Å². The third-order valence-corrected chi connectivity index (χ3v) is 9.76. The quantitative estimate of drug-likeness (QED) is 0.803. The summed E-state index contributed by atoms with van der Waals surface area (Å²) >= 11 is 0. The summed E-state index contributed by atoms with van der Waals surface area (Å²) in [5, 5.41) is 3.49. The molecule has 1 fully saturated rings. The molecule has 0 spiro atoms. The Bertz CT molecular complexity index is 504. The molecule has 1 aromatic rings. The lowest BCUT2D eigenvalue weighted by Crippen LogP contribution is -2.40. The molecule has 0 radical (unpaired) electrons. The zero-order valence-electron chi connectivity index (χ0n) is 14.6. The highest BCUT2D eigenvalue weighted by Crippen LogP contribution is 2.37. The van der Waals surface area contributed by atoms with Crippen molar-refractivity contribution in [2.24, 2.45) is 0 Å². The lowest BCUT2D eigenvalue weighted by Gasteiger charge is -2.36. The van der Waals surface area contributed by atoms with Crippen LogP contribution in [0.4, 0.5) is 4.39 Å². The van der Waals surface area contributed by atoms with Gasteiger partial charge >= 0.3 is 0 Å². The second-order valence-electron chi connectivity index (χ2n) is 7.89. The fourth-order valence-electron chi connectivity index (χ4n) is 2.63. The Kier molecular flexibility index (Phi) is 5.46. The number of rotatable bonds is 4. The molecule has 2 rings (SSSR count). The van der Waals surface area contributed by atoms with E-state index in [1.54, 1.807) is 0 Å². The van der Waals surface area contributed by atoms with Gasteiger partial charge in [0.1, 0.15) is 5.82 Å². The minimum absolute atomic E-state index is 0.0480. The molecule has 1 saturated heterocycles. The van der Waals surface area contributed by atoms with E-state index < -0.39 is 8.32 Å². The first-order valence-electron chi connectivity index (χ1n) is 8.34. The van der Waals surface area contributed by atoms with Crippen LogP contribution in [0.15, 0.2) is 18.2 Å². The van der Waals surface area contributed by atoms with E-state index in [0.717, 1.165) is 31.5 Å². The molecule has 0 aliphatic carbocycles. The molecule has 0 atom stereocenters. The summed E-state index contributed by atoms with van der Waals surface area (Å²) in [4.78, 5) is 0. The summed E-state index contributed by atoms with van der Waals surface area (Å²) in [6, 6.07) is 5.79. The van der Waals surface area contributed by atoms with E-state index in [1.165, 1.54) is 0 Å². The molecule has 1 heterocycles. The van der Waals surface area contributed by atoms with Gasteiger partial charge in [-0.2, -0.15) is 0 Å². The van der Waals surface area contributed by atoms with Crippen LogP contribution in [-0.2, 0) is 11.0 Å². The van der Waals surface area contributed by atoms with Crippen molar-refractivity contribution >= 4 is 8.32 Å². The maximum absolute atomic E-state index is 14.8. The third-order valence-electron chi connectivity index (χ3n) is 5.28. The fourth-order valence-corrected chi connectivity index (χ4v) is 3.58. The van der Waals surface area contributed by atoms with Gasteiger partial charge in [-0.15, -0.1) is 0 Å². The lowest BCUT2D eigenvalue weighted by atomic mass is 9.89. The Hall–Kier alpha value is -0.713. The van der Waals surface area contributed by atoms with E-state index in [-0.39, 0.29) is 10.9 Å². The zero-order chi connectivity index (χ0) is 16.4. The smallest absolute Gasteiger partial charge is 0.192 e. The Labute approximate surface area is 135 Å². The monoisotopic (exact) mass is 323 g/mol. The van der Waals surface area contributed by atoms with Crippen LogP contribution < -0.4 is 5.32 Å². The topological polar surface area (TPSA) is 21.3 Å². The van der Waals surface area contributed by atoms with Crippen LogP contribution in [0.1, 0.15) is 50.7 Å². The summed E-state index contributed by atoms with van der Waals surface area (Å²) in [6.07, 6.45) is 2.03. The average Bonchev–Trinajstić information content (AvgIpc) is 2.46. The second-order valence-corrected chi connectivity index (χ2v) is 12.7. The largest absolute Gasteiger partial charge is 0.412 e. The van der Waals surface area contributed by atoms with E-state index in [9.17, 15) is 4.39 Å². The third kappa shape index (κ3) is 3.97. The number of benzene rings is 1. The average molecular weight is 324 g/mol. The van der Waals surface area contributed by atoms with Gasteiger partial charge in [0.05, 0.1) is 6.61 Å². The van der Waals surface area contributed by atoms with Crippen LogP contribution in [0.25, 0.3) is 0 Å². The van der Waals surface area contributed by atoms with Crippen molar-refractivity contribution in [3.05, 3.63) is 35.1 Å². The Morgan fingerprint density at radius 2 is 1.86 bits per heavy atom. The van der Waals surface area contributed by atoms with Gasteiger partial charge < -0.3 is 9.74 Å². The van der Waals surface area contributed by atoms with Crippen molar-refractivity contribution in [2.45, 2.75) is 64.3 Å². The van der Waals surface area contributed by atoms with Crippen molar-refractivity contribution in [3.8, 4) is 0 Å². The van der Waals surface area contributed by atoms with Crippen LogP contribution >= 0.6 is 0 Å². The molecule has 0 amide bonds. The second kappa shape index (κ2) is 6.81. The molecule has 1 aliphatic heterocycles. The van der Waals surface area contributed by atoms with Crippen molar-refractivity contribution in [1.82, 2.24) is 5.32 Å². The molecular formula is C18H30FNOSi. The van der Waals surface area contributed by atoms with E-state index in [1.807, 2.05) is 18.2 Å². The van der Waals surface area contributed by atoms with Gasteiger partial charge in [0.2, 0.25) is 0 Å². The number of piperidine rings is 1. The molecule has 1 aromatic carbocycles. The first-order valence-corrected chi connectivity index (χ1v) is 11.2. The molecule has 0 bridgehead atoms. The molecule has 124 valence electrons.